The Morgan fingerprint density at radius 1 is 1.47 bits per heavy atom. The van der Waals surface area contributed by atoms with Gasteiger partial charge >= 0.3 is 5.97 Å². The molecule has 92 valence electrons. The Morgan fingerprint density at radius 2 is 2.29 bits per heavy atom. The van der Waals surface area contributed by atoms with Gasteiger partial charge in [0.1, 0.15) is 5.75 Å². The van der Waals surface area contributed by atoms with Crippen LogP contribution in [0, 0.1) is 5.92 Å². The maximum Gasteiger partial charge on any atom is 0.303 e. The average Bonchev–Trinajstić information content (AvgIpc) is 2.64. The van der Waals surface area contributed by atoms with Crippen molar-refractivity contribution in [2.24, 2.45) is 5.92 Å². The van der Waals surface area contributed by atoms with Gasteiger partial charge < -0.3 is 10.2 Å². The van der Waals surface area contributed by atoms with E-state index in [1.807, 2.05) is 12.1 Å². The fourth-order valence-electron chi connectivity index (χ4n) is 2.38. The Morgan fingerprint density at radius 3 is 3.00 bits per heavy atom. The van der Waals surface area contributed by atoms with E-state index >= 15 is 0 Å². The van der Waals surface area contributed by atoms with E-state index in [1.165, 1.54) is 0 Å². The number of carbonyl (C=O) groups is 1. The summed E-state index contributed by atoms with van der Waals surface area (Å²) in [7, 11) is 0. The zero-order valence-electron chi connectivity index (χ0n) is 9.67. The van der Waals surface area contributed by atoms with E-state index in [0.717, 1.165) is 31.6 Å². The van der Waals surface area contributed by atoms with Crippen molar-refractivity contribution in [3.8, 4) is 5.75 Å². The average molecular weight is 235 g/mol. The zero-order valence-corrected chi connectivity index (χ0v) is 9.67. The number of phenolic OH excluding ortho intramolecular Hbond substituents is 1. The van der Waals surface area contributed by atoms with E-state index in [9.17, 15) is 9.90 Å². The van der Waals surface area contributed by atoms with Gasteiger partial charge in [-0.3, -0.25) is 9.69 Å². The van der Waals surface area contributed by atoms with Crippen molar-refractivity contribution in [2.45, 2.75) is 19.4 Å². The lowest BCUT2D eigenvalue weighted by Gasteiger charge is -2.15. The molecule has 2 rings (SSSR count). The van der Waals surface area contributed by atoms with Crippen LogP contribution < -0.4 is 0 Å². The molecular formula is C13H17NO3. The molecule has 17 heavy (non-hydrogen) atoms. The summed E-state index contributed by atoms with van der Waals surface area (Å²) in [6.45, 7) is 2.56. The van der Waals surface area contributed by atoms with Crippen molar-refractivity contribution in [2.75, 3.05) is 13.1 Å². The first-order valence-corrected chi connectivity index (χ1v) is 5.85. The molecule has 1 atom stereocenters. The van der Waals surface area contributed by atoms with E-state index in [2.05, 4.69) is 4.90 Å². The van der Waals surface area contributed by atoms with Gasteiger partial charge in [-0.1, -0.05) is 12.1 Å². The molecule has 0 aromatic heterocycles. The molecule has 4 nitrogen and oxygen atoms in total. The standard InChI is InChI=1S/C13H17NO3/c15-12-3-1-2-10(6-12)8-14-5-4-11(9-14)7-13(16)17/h1-3,6,11,15H,4-5,7-9H2,(H,16,17). The molecule has 0 aliphatic carbocycles. The van der Waals surface area contributed by atoms with Gasteiger partial charge in [-0.05, 0) is 36.6 Å². The molecule has 0 amide bonds. The van der Waals surface area contributed by atoms with Crippen molar-refractivity contribution in [1.82, 2.24) is 4.90 Å². The maximum absolute atomic E-state index is 10.6. The summed E-state index contributed by atoms with van der Waals surface area (Å²) in [5.41, 5.74) is 1.07. The number of nitrogens with zero attached hydrogens (tertiary/aromatic N) is 1. The second kappa shape index (κ2) is 5.19. The fourth-order valence-corrected chi connectivity index (χ4v) is 2.38. The van der Waals surface area contributed by atoms with Crippen LogP contribution in [0.3, 0.4) is 0 Å². The Kier molecular flexibility index (Phi) is 3.64. The summed E-state index contributed by atoms with van der Waals surface area (Å²) in [6.07, 6.45) is 1.21. The molecule has 1 heterocycles. The molecule has 1 aliphatic heterocycles. The van der Waals surface area contributed by atoms with Gasteiger partial charge in [0.2, 0.25) is 0 Å². The van der Waals surface area contributed by atoms with Crippen molar-refractivity contribution < 1.29 is 15.0 Å². The van der Waals surface area contributed by atoms with Gasteiger partial charge in [-0.25, -0.2) is 0 Å². The normalized spacial score (nSPS) is 20.6. The maximum atomic E-state index is 10.6. The number of benzene rings is 1. The predicted molar refractivity (Wildman–Crippen MR) is 63.7 cm³/mol. The summed E-state index contributed by atoms with van der Waals surface area (Å²) in [5.74, 6) is -0.164. The molecule has 1 aromatic rings. The van der Waals surface area contributed by atoms with Crippen molar-refractivity contribution in [3.63, 3.8) is 0 Å². The number of aliphatic carboxylic acids is 1. The Balaban J connectivity index is 1.87. The summed E-state index contributed by atoms with van der Waals surface area (Å²) >= 11 is 0. The van der Waals surface area contributed by atoms with Gasteiger partial charge in [-0.15, -0.1) is 0 Å². The number of aromatic hydroxyl groups is 1. The Labute approximate surface area is 100 Å². The minimum Gasteiger partial charge on any atom is -0.508 e. The smallest absolute Gasteiger partial charge is 0.303 e. The molecule has 1 fully saturated rings. The van der Waals surface area contributed by atoms with E-state index in [4.69, 9.17) is 5.11 Å². The lowest BCUT2D eigenvalue weighted by molar-refractivity contribution is -0.138. The van der Waals surface area contributed by atoms with Gasteiger partial charge in [0.15, 0.2) is 0 Å². The van der Waals surface area contributed by atoms with Crippen LogP contribution in [0.2, 0.25) is 0 Å². The molecule has 1 unspecified atom stereocenters. The number of hydrogen-bond acceptors (Lipinski definition) is 3. The number of phenols is 1. The Bertz CT molecular complexity index is 405. The highest BCUT2D eigenvalue weighted by atomic mass is 16.4. The molecule has 0 bridgehead atoms. The van der Waals surface area contributed by atoms with E-state index in [-0.39, 0.29) is 18.1 Å². The van der Waals surface area contributed by atoms with E-state index in [1.54, 1.807) is 12.1 Å². The largest absolute Gasteiger partial charge is 0.508 e. The Hall–Kier alpha value is -1.55. The van der Waals surface area contributed by atoms with Crippen LogP contribution in [-0.2, 0) is 11.3 Å². The summed E-state index contributed by atoms with van der Waals surface area (Å²) in [5, 5.41) is 18.1. The van der Waals surface area contributed by atoms with Crippen molar-refractivity contribution >= 4 is 5.97 Å². The van der Waals surface area contributed by atoms with Crippen LogP contribution >= 0.6 is 0 Å². The molecule has 1 saturated heterocycles. The van der Waals surface area contributed by atoms with Crippen molar-refractivity contribution in [3.05, 3.63) is 29.8 Å². The van der Waals surface area contributed by atoms with E-state index in [0.29, 0.717) is 0 Å². The lowest BCUT2D eigenvalue weighted by Crippen LogP contribution is -2.20. The second-order valence-electron chi connectivity index (χ2n) is 4.66. The highest BCUT2D eigenvalue weighted by molar-refractivity contribution is 5.67. The molecule has 0 radical (unpaired) electrons. The first-order valence-electron chi connectivity index (χ1n) is 5.85. The van der Waals surface area contributed by atoms with Crippen LogP contribution in [0.4, 0.5) is 0 Å². The van der Waals surface area contributed by atoms with Gasteiger partial charge in [0.05, 0.1) is 0 Å². The molecular weight excluding hydrogens is 218 g/mol. The van der Waals surface area contributed by atoms with Crippen LogP contribution in [0.25, 0.3) is 0 Å². The fraction of sp³-hybridized carbons (Fsp3) is 0.462. The van der Waals surface area contributed by atoms with Crippen molar-refractivity contribution in [1.29, 1.82) is 0 Å². The molecule has 1 aliphatic rings. The molecule has 1 aromatic carbocycles. The lowest BCUT2D eigenvalue weighted by atomic mass is 10.1. The highest BCUT2D eigenvalue weighted by Gasteiger charge is 2.24. The molecule has 0 saturated carbocycles. The summed E-state index contributed by atoms with van der Waals surface area (Å²) in [4.78, 5) is 12.9. The van der Waals surface area contributed by atoms with Gasteiger partial charge in [0.25, 0.3) is 0 Å². The van der Waals surface area contributed by atoms with Gasteiger partial charge in [-0.2, -0.15) is 0 Å². The number of rotatable bonds is 4. The zero-order chi connectivity index (χ0) is 12.3. The van der Waals surface area contributed by atoms with Crippen LogP contribution in [0.15, 0.2) is 24.3 Å². The molecule has 2 N–H and O–H groups in total. The van der Waals surface area contributed by atoms with Crippen LogP contribution in [0.5, 0.6) is 5.75 Å². The SMILES string of the molecule is O=C(O)CC1CCN(Cc2cccc(O)c2)C1. The quantitative estimate of drug-likeness (QED) is 0.833. The number of likely N-dealkylation sites (tertiary alicyclic amines) is 1. The second-order valence-corrected chi connectivity index (χ2v) is 4.66. The molecule has 0 spiro atoms. The summed E-state index contributed by atoms with van der Waals surface area (Å²) < 4.78 is 0. The summed E-state index contributed by atoms with van der Waals surface area (Å²) in [6, 6.07) is 7.21. The number of carboxylic acid groups (broad SMARTS) is 1. The first-order chi connectivity index (χ1) is 8.13. The molecule has 4 heteroatoms. The number of hydrogen-bond donors (Lipinski definition) is 2. The monoisotopic (exact) mass is 235 g/mol. The number of carboxylic acids is 1. The van der Waals surface area contributed by atoms with Gasteiger partial charge in [0, 0.05) is 19.5 Å². The van der Waals surface area contributed by atoms with Crippen LogP contribution in [-0.4, -0.2) is 34.2 Å². The predicted octanol–water partition coefficient (Wildman–Crippen LogP) is 1.69. The third-order valence-corrected chi connectivity index (χ3v) is 3.15. The highest BCUT2D eigenvalue weighted by Crippen LogP contribution is 2.22. The first kappa shape index (κ1) is 11.9. The van der Waals surface area contributed by atoms with Crippen LogP contribution in [0.1, 0.15) is 18.4 Å². The van der Waals surface area contributed by atoms with E-state index < -0.39 is 5.97 Å². The third-order valence-electron chi connectivity index (χ3n) is 3.15. The topological polar surface area (TPSA) is 60.8 Å². The minimum atomic E-state index is -0.714. The minimum absolute atomic E-state index is 0.260. The third kappa shape index (κ3) is 3.46.